The molecule has 140 valence electrons. The van der Waals surface area contributed by atoms with Gasteiger partial charge in [0.15, 0.2) is 11.5 Å². The molecule has 6 nitrogen and oxygen atoms in total. The maximum absolute atomic E-state index is 12.7. The predicted octanol–water partition coefficient (Wildman–Crippen LogP) is 2.96. The van der Waals surface area contributed by atoms with E-state index >= 15 is 0 Å². The Morgan fingerprint density at radius 1 is 1.26 bits per heavy atom. The van der Waals surface area contributed by atoms with Crippen molar-refractivity contribution in [2.24, 2.45) is 0 Å². The summed E-state index contributed by atoms with van der Waals surface area (Å²) in [5.74, 6) is 1.67. The van der Waals surface area contributed by atoms with Gasteiger partial charge in [-0.25, -0.2) is 4.98 Å². The summed E-state index contributed by atoms with van der Waals surface area (Å²) in [5, 5.41) is 9.81. The van der Waals surface area contributed by atoms with Gasteiger partial charge in [0, 0.05) is 18.8 Å². The van der Waals surface area contributed by atoms with E-state index in [-0.39, 0.29) is 11.7 Å². The number of amides is 1. The van der Waals surface area contributed by atoms with Crippen LogP contribution in [0, 0.1) is 18.3 Å². The van der Waals surface area contributed by atoms with Crippen molar-refractivity contribution in [3.05, 3.63) is 46.6 Å². The minimum absolute atomic E-state index is 0.0348. The number of nitrogens with zero attached hydrogens (tertiary/aromatic N) is 3. The van der Waals surface area contributed by atoms with Crippen LogP contribution in [-0.2, 0) is 17.8 Å². The van der Waals surface area contributed by atoms with E-state index in [0.29, 0.717) is 35.2 Å². The number of benzene rings is 1. The molecule has 0 aliphatic carbocycles. The van der Waals surface area contributed by atoms with Crippen LogP contribution in [0.4, 0.5) is 0 Å². The zero-order valence-electron chi connectivity index (χ0n) is 15.6. The molecule has 1 aromatic carbocycles. The van der Waals surface area contributed by atoms with Gasteiger partial charge in [0.2, 0.25) is 5.91 Å². The average molecular weight is 383 g/mol. The van der Waals surface area contributed by atoms with E-state index < -0.39 is 0 Å². The summed E-state index contributed by atoms with van der Waals surface area (Å²) in [4.78, 5) is 18.9. The standard InChI is InChI=1S/C20H21N3O3S/c1-13-4-5-15(10-21)20(22-13)27-12-19(24)23-7-6-14-8-17(25-2)18(26-3)9-16(14)11-23/h4-5,8-9H,6-7,11-12H2,1-3H3. The lowest BCUT2D eigenvalue weighted by atomic mass is 9.99. The fourth-order valence-electron chi connectivity index (χ4n) is 3.05. The molecular formula is C20H21N3O3S. The Hall–Kier alpha value is -2.72. The maximum atomic E-state index is 12.7. The molecule has 7 heteroatoms. The lowest BCUT2D eigenvalue weighted by molar-refractivity contribution is -0.129. The number of methoxy groups -OCH3 is 2. The molecule has 0 saturated carbocycles. The minimum Gasteiger partial charge on any atom is -0.493 e. The van der Waals surface area contributed by atoms with Crippen molar-refractivity contribution in [2.75, 3.05) is 26.5 Å². The molecule has 0 bridgehead atoms. The van der Waals surface area contributed by atoms with Gasteiger partial charge in [-0.1, -0.05) is 11.8 Å². The normalized spacial score (nSPS) is 12.9. The lowest BCUT2D eigenvalue weighted by Crippen LogP contribution is -2.37. The Balaban J connectivity index is 1.69. The smallest absolute Gasteiger partial charge is 0.233 e. The summed E-state index contributed by atoms with van der Waals surface area (Å²) in [6.07, 6.45) is 0.776. The quantitative estimate of drug-likeness (QED) is 0.739. The third-order valence-corrected chi connectivity index (χ3v) is 5.50. The minimum atomic E-state index is 0.0348. The largest absolute Gasteiger partial charge is 0.493 e. The van der Waals surface area contributed by atoms with Crippen LogP contribution in [0.25, 0.3) is 0 Å². The first-order chi connectivity index (χ1) is 13.0. The van der Waals surface area contributed by atoms with Gasteiger partial charge >= 0.3 is 0 Å². The van der Waals surface area contributed by atoms with Crippen molar-refractivity contribution in [3.63, 3.8) is 0 Å². The second kappa shape index (κ2) is 8.31. The van der Waals surface area contributed by atoms with E-state index in [1.165, 1.54) is 17.3 Å². The number of fused-ring (bicyclic) bond motifs is 1. The van der Waals surface area contributed by atoms with Gasteiger partial charge in [-0.2, -0.15) is 5.26 Å². The van der Waals surface area contributed by atoms with Crippen molar-refractivity contribution in [2.45, 2.75) is 24.9 Å². The Morgan fingerprint density at radius 2 is 1.96 bits per heavy atom. The molecule has 27 heavy (non-hydrogen) atoms. The number of thioether (sulfide) groups is 1. The molecule has 0 radical (unpaired) electrons. The maximum Gasteiger partial charge on any atom is 0.233 e. The number of hydrogen-bond donors (Lipinski definition) is 0. The predicted molar refractivity (Wildman–Crippen MR) is 103 cm³/mol. The molecule has 2 heterocycles. The van der Waals surface area contributed by atoms with E-state index in [9.17, 15) is 10.1 Å². The van der Waals surface area contributed by atoms with Crippen molar-refractivity contribution in [3.8, 4) is 17.6 Å². The summed E-state index contributed by atoms with van der Waals surface area (Å²) in [6, 6.07) is 9.60. The molecule has 0 N–H and O–H groups in total. The fourth-order valence-corrected chi connectivity index (χ4v) is 3.97. The van der Waals surface area contributed by atoms with Crippen molar-refractivity contribution < 1.29 is 14.3 Å². The number of aryl methyl sites for hydroxylation is 1. The third-order valence-electron chi connectivity index (χ3n) is 4.52. The number of aromatic nitrogens is 1. The van der Waals surface area contributed by atoms with Crippen LogP contribution >= 0.6 is 11.8 Å². The highest BCUT2D eigenvalue weighted by atomic mass is 32.2. The van der Waals surface area contributed by atoms with E-state index in [1.54, 1.807) is 26.4 Å². The first kappa shape index (κ1) is 19.1. The number of carbonyl (C=O) groups excluding carboxylic acids is 1. The molecule has 0 saturated heterocycles. The highest BCUT2D eigenvalue weighted by Crippen LogP contribution is 2.33. The van der Waals surface area contributed by atoms with Crippen molar-refractivity contribution in [1.29, 1.82) is 5.26 Å². The summed E-state index contributed by atoms with van der Waals surface area (Å²) >= 11 is 1.31. The van der Waals surface area contributed by atoms with E-state index in [2.05, 4.69) is 11.1 Å². The summed E-state index contributed by atoms with van der Waals surface area (Å²) in [6.45, 7) is 3.08. The topological polar surface area (TPSA) is 75.5 Å². The van der Waals surface area contributed by atoms with Crippen LogP contribution in [0.2, 0.25) is 0 Å². The zero-order valence-corrected chi connectivity index (χ0v) is 16.4. The van der Waals surface area contributed by atoms with E-state index in [0.717, 1.165) is 17.7 Å². The molecule has 1 aliphatic rings. The number of hydrogen-bond acceptors (Lipinski definition) is 6. The number of ether oxygens (including phenoxy) is 2. The Kier molecular flexibility index (Phi) is 5.87. The van der Waals surface area contributed by atoms with Crippen molar-refractivity contribution >= 4 is 17.7 Å². The first-order valence-corrected chi connectivity index (χ1v) is 9.56. The van der Waals surface area contributed by atoms with Crippen LogP contribution in [0.1, 0.15) is 22.4 Å². The van der Waals surface area contributed by atoms with E-state index in [4.69, 9.17) is 9.47 Å². The monoisotopic (exact) mass is 383 g/mol. The van der Waals surface area contributed by atoms with Gasteiger partial charge in [-0.05, 0) is 48.7 Å². The third kappa shape index (κ3) is 4.17. The lowest BCUT2D eigenvalue weighted by Gasteiger charge is -2.29. The van der Waals surface area contributed by atoms with Gasteiger partial charge in [0.1, 0.15) is 11.1 Å². The van der Waals surface area contributed by atoms with E-state index in [1.807, 2.05) is 24.0 Å². The molecule has 0 spiro atoms. The van der Waals surface area contributed by atoms with Gasteiger partial charge < -0.3 is 14.4 Å². The van der Waals surface area contributed by atoms with Gasteiger partial charge in [0.25, 0.3) is 0 Å². The van der Waals surface area contributed by atoms with Crippen LogP contribution in [0.5, 0.6) is 11.5 Å². The number of nitriles is 1. The number of carbonyl (C=O) groups is 1. The molecule has 3 rings (SSSR count). The number of pyridine rings is 1. The van der Waals surface area contributed by atoms with Crippen LogP contribution < -0.4 is 9.47 Å². The molecule has 1 aromatic heterocycles. The molecule has 2 aromatic rings. The van der Waals surface area contributed by atoms with Crippen LogP contribution in [0.3, 0.4) is 0 Å². The Bertz CT molecular complexity index is 908. The van der Waals surface area contributed by atoms with Crippen LogP contribution in [-0.4, -0.2) is 42.3 Å². The molecule has 0 unspecified atom stereocenters. The van der Waals surface area contributed by atoms with Gasteiger partial charge in [0.05, 0.1) is 25.5 Å². The molecular weight excluding hydrogens is 362 g/mol. The molecule has 0 fully saturated rings. The van der Waals surface area contributed by atoms with Gasteiger partial charge in [-0.3, -0.25) is 4.79 Å². The molecule has 1 aliphatic heterocycles. The van der Waals surface area contributed by atoms with Crippen molar-refractivity contribution in [1.82, 2.24) is 9.88 Å². The zero-order chi connectivity index (χ0) is 19.4. The first-order valence-electron chi connectivity index (χ1n) is 8.57. The highest BCUT2D eigenvalue weighted by molar-refractivity contribution is 7.99. The SMILES string of the molecule is COc1cc2c(cc1OC)CN(C(=O)CSc1nc(C)ccc1C#N)CC2. The second-order valence-electron chi connectivity index (χ2n) is 6.25. The number of rotatable bonds is 5. The average Bonchev–Trinajstić information content (AvgIpc) is 2.70. The fraction of sp³-hybridized carbons (Fsp3) is 0.350. The van der Waals surface area contributed by atoms with Gasteiger partial charge in [-0.15, -0.1) is 0 Å². The highest BCUT2D eigenvalue weighted by Gasteiger charge is 2.23. The molecule has 1 amide bonds. The molecule has 0 atom stereocenters. The summed E-state index contributed by atoms with van der Waals surface area (Å²) in [7, 11) is 3.23. The summed E-state index contributed by atoms with van der Waals surface area (Å²) in [5.41, 5.74) is 3.58. The second-order valence-corrected chi connectivity index (χ2v) is 7.21. The van der Waals surface area contributed by atoms with Crippen LogP contribution in [0.15, 0.2) is 29.3 Å². The Morgan fingerprint density at radius 3 is 2.63 bits per heavy atom. The summed E-state index contributed by atoms with van der Waals surface area (Å²) < 4.78 is 10.7. The Labute approximate surface area is 163 Å².